The summed E-state index contributed by atoms with van der Waals surface area (Å²) in [5.74, 6) is -0.692. The van der Waals surface area contributed by atoms with Gasteiger partial charge in [-0.2, -0.15) is 0 Å². The summed E-state index contributed by atoms with van der Waals surface area (Å²) in [7, 11) is 1.56. The monoisotopic (exact) mass is 181 g/mol. The Balaban J connectivity index is 2.98. The lowest BCUT2D eigenvalue weighted by Crippen LogP contribution is -2.27. The fourth-order valence-electron chi connectivity index (χ4n) is 0.970. The Bertz CT molecular complexity index is 314. The number of rotatable bonds is 3. The van der Waals surface area contributed by atoms with Crippen molar-refractivity contribution in [1.82, 2.24) is 15.3 Å². The molecule has 1 heterocycles. The summed E-state index contributed by atoms with van der Waals surface area (Å²) in [6.07, 6.45) is 1.55. The highest BCUT2D eigenvalue weighted by atomic mass is 16.4. The van der Waals surface area contributed by atoms with Crippen LogP contribution in [0, 0.1) is 6.92 Å². The minimum Gasteiger partial charge on any atom is -0.480 e. The zero-order chi connectivity index (χ0) is 9.84. The van der Waals surface area contributed by atoms with E-state index in [1.165, 1.54) is 0 Å². The molecule has 1 aromatic heterocycles. The molecule has 0 aromatic carbocycles. The van der Waals surface area contributed by atoms with Crippen LogP contribution in [0.1, 0.15) is 17.6 Å². The third-order valence-corrected chi connectivity index (χ3v) is 1.61. The maximum Gasteiger partial charge on any atom is 0.328 e. The number of carbonyl (C=O) groups is 1. The van der Waals surface area contributed by atoms with Gasteiger partial charge < -0.3 is 10.4 Å². The second-order valence-electron chi connectivity index (χ2n) is 2.62. The number of nitrogens with one attached hydrogen (secondary N) is 1. The first-order valence-electron chi connectivity index (χ1n) is 3.84. The molecule has 0 aliphatic heterocycles. The van der Waals surface area contributed by atoms with E-state index in [0.29, 0.717) is 0 Å². The summed E-state index contributed by atoms with van der Waals surface area (Å²) >= 11 is 0. The van der Waals surface area contributed by atoms with Gasteiger partial charge in [0.2, 0.25) is 0 Å². The van der Waals surface area contributed by atoms with Crippen LogP contribution in [0.15, 0.2) is 12.3 Å². The zero-order valence-electron chi connectivity index (χ0n) is 7.48. The number of likely N-dealkylation sites (N-methyl/N-ethyl adjacent to an activating group) is 1. The molecule has 0 spiro atoms. The smallest absolute Gasteiger partial charge is 0.328 e. The van der Waals surface area contributed by atoms with E-state index in [0.717, 1.165) is 5.69 Å². The average molecular weight is 181 g/mol. The van der Waals surface area contributed by atoms with Gasteiger partial charge in [0.15, 0.2) is 11.9 Å². The van der Waals surface area contributed by atoms with E-state index in [1.54, 1.807) is 26.2 Å². The molecule has 5 heteroatoms. The molecule has 70 valence electrons. The largest absolute Gasteiger partial charge is 0.480 e. The molecule has 0 radical (unpaired) electrons. The number of aryl methyl sites for hydroxylation is 1. The van der Waals surface area contributed by atoms with Crippen LogP contribution < -0.4 is 5.32 Å². The maximum atomic E-state index is 10.7. The van der Waals surface area contributed by atoms with Gasteiger partial charge in [-0.3, -0.25) is 4.79 Å². The molecule has 0 aliphatic carbocycles. The summed E-state index contributed by atoms with van der Waals surface area (Å²) in [4.78, 5) is 18.6. The lowest BCUT2D eigenvalue weighted by atomic mass is 10.2. The molecule has 1 unspecified atom stereocenters. The van der Waals surface area contributed by atoms with Gasteiger partial charge in [-0.25, -0.2) is 9.97 Å². The average Bonchev–Trinajstić information content (AvgIpc) is 2.04. The van der Waals surface area contributed by atoms with Gasteiger partial charge in [-0.1, -0.05) is 0 Å². The van der Waals surface area contributed by atoms with E-state index >= 15 is 0 Å². The molecular weight excluding hydrogens is 170 g/mol. The van der Waals surface area contributed by atoms with Gasteiger partial charge in [-0.05, 0) is 20.0 Å². The minimum absolute atomic E-state index is 0.287. The summed E-state index contributed by atoms with van der Waals surface area (Å²) in [6.45, 7) is 1.79. The second kappa shape index (κ2) is 3.95. The topological polar surface area (TPSA) is 75.1 Å². The molecule has 0 saturated heterocycles. The Morgan fingerprint density at radius 2 is 2.38 bits per heavy atom. The van der Waals surface area contributed by atoms with Crippen LogP contribution in [-0.4, -0.2) is 28.1 Å². The molecular formula is C8H11N3O2. The normalized spacial score (nSPS) is 12.5. The number of carboxylic acid groups (broad SMARTS) is 1. The van der Waals surface area contributed by atoms with Crippen molar-refractivity contribution >= 4 is 5.97 Å². The Kier molecular flexibility index (Phi) is 2.92. The van der Waals surface area contributed by atoms with E-state index in [9.17, 15) is 4.79 Å². The van der Waals surface area contributed by atoms with E-state index < -0.39 is 12.0 Å². The van der Waals surface area contributed by atoms with Crippen molar-refractivity contribution in [2.45, 2.75) is 13.0 Å². The van der Waals surface area contributed by atoms with Gasteiger partial charge in [0.05, 0.1) is 0 Å². The van der Waals surface area contributed by atoms with Gasteiger partial charge in [0, 0.05) is 11.9 Å². The number of nitrogens with zero attached hydrogens (tertiary/aromatic N) is 2. The standard InChI is InChI=1S/C8H11N3O2/c1-5-3-4-10-7(11-5)6(9-2)8(12)13/h3-4,6,9H,1-2H3,(H,12,13). The highest BCUT2D eigenvalue weighted by Crippen LogP contribution is 2.06. The van der Waals surface area contributed by atoms with Crippen molar-refractivity contribution in [3.63, 3.8) is 0 Å². The van der Waals surface area contributed by atoms with E-state index in [4.69, 9.17) is 5.11 Å². The van der Waals surface area contributed by atoms with Crippen LogP contribution in [0.25, 0.3) is 0 Å². The van der Waals surface area contributed by atoms with E-state index in [1.807, 2.05) is 0 Å². The molecule has 1 aromatic rings. The van der Waals surface area contributed by atoms with Crippen LogP contribution in [-0.2, 0) is 4.79 Å². The molecule has 0 aliphatic rings. The van der Waals surface area contributed by atoms with E-state index in [-0.39, 0.29) is 5.82 Å². The highest BCUT2D eigenvalue weighted by molar-refractivity contribution is 5.74. The van der Waals surface area contributed by atoms with Crippen molar-refractivity contribution in [1.29, 1.82) is 0 Å². The molecule has 5 nitrogen and oxygen atoms in total. The number of aliphatic carboxylic acids is 1. The number of hydrogen-bond donors (Lipinski definition) is 2. The predicted molar refractivity (Wildman–Crippen MR) is 46.2 cm³/mol. The quantitative estimate of drug-likeness (QED) is 0.693. The van der Waals surface area contributed by atoms with Gasteiger partial charge in [-0.15, -0.1) is 0 Å². The summed E-state index contributed by atoms with van der Waals surface area (Å²) < 4.78 is 0. The third-order valence-electron chi connectivity index (χ3n) is 1.61. The third kappa shape index (κ3) is 2.22. The molecule has 13 heavy (non-hydrogen) atoms. The van der Waals surface area contributed by atoms with Crippen molar-refractivity contribution in [2.75, 3.05) is 7.05 Å². The fraction of sp³-hybridized carbons (Fsp3) is 0.375. The van der Waals surface area contributed by atoms with Crippen LogP contribution in [0.3, 0.4) is 0 Å². The molecule has 1 rings (SSSR count). The van der Waals surface area contributed by atoms with E-state index in [2.05, 4.69) is 15.3 Å². The fourth-order valence-corrected chi connectivity index (χ4v) is 0.970. The molecule has 0 fully saturated rings. The zero-order valence-corrected chi connectivity index (χ0v) is 7.48. The van der Waals surface area contributed by atoms with Gasteiger partial charge in [0.1, 0.15) is 0 Å². The summed E-state index contributed by atoms with van der Waals surface area (Å²) in [6, 6.07) is 0.887. The highest BCUT2D eigenvalue weighted by Gasteiger charge is 2.19. The van der Waals surface area contributed by atoms with Crippen molar-refractivity contribution in [2.24, 2.45) is 0 Å². The maximum absolute atomic E-state index is 10.7. The van der Waals surface area contributed by atoms with Crippen LogP contribution in [0.4, 0.5) is 0 Å². The van der Waals surface area contributed by atoms with Crippen molar-refractivity contribution < 1.29 is 9.90 Å². The lowest BCUT2D eigenvalue weighted by molar-refractivity contribution is -0.139. The summed E-state index contributed by atoms with van der Waals surface area (Å²) in [5.41, 5.74) is 0.756. The van der Waals surface area contributed by atoms with Crippen LogP contribution in [0.5, 0.6) is 0 Å². The van der Waals surface area contributed by atoms with Crippen molar-refractivity contribution in [3.8, 4) is 0 Å². The molecule has 0 bridgehead atoms. The Morgan fingerprint density at radius 3 is 2.85 bits per heavy atom. The molecule has 0 amide bonds. The number of carboxylic acids is 1. The summed E-state index contributed by atoms with van der Waals surface area (Å²) in [5, 5.41) is 11.4. The predicted octanol–water partition coefficient (Wildman–Crippen LogP) is 0.130. The molecule has 2 N–H and O–H groups in total. The van der Waals surface area contributed by atoms with Crippen LogP contribution >= 0.6 is 0 Å². The molecule has 1 atom stereocenters. The number of hydrogen-bond acceptors (Lipinski definition) is 4. The Labute approximate surface area is 75.8 Å². The first-order valence-corrected chi connectivity index (χ1v) is 3.84. The first kappa shape index (κ1) is 9.60. The SMILES string of the molecule is CNC(C(=O)O)c1nccc(C)n1. The first-order chi connectivity index (χ1) is 6.15. The van der Waals surface area contributed by atoms with Crippen molar-refractivity contribution in [3.05, 3.63) is 23.8 Å². The number of aromatic nitrogens is 2. The van der Waals surface area contributed by atoms with Gasteiger partial charge in [0.25, 0.3) is 0 Å². The minimum atomic E-state index is -0.979. The lowest BCUT2D eigenvalue weighted by Gasteiger charge is -2.08. The van der Waals surface area contributed by atoms with Gasteiger partial charge >= 0.3 is 5.97 Å². The molecule has 0 saturated carbocycles. The van der Waals surface area contributed by atoms with Crippen LogP contribution in [0.2, 0.25) is 0 Å². The Hall–Kier alpha value is -1.49. The second-order valence-corrected chi connectivity index (χ2v) is 2.62. The Morgan fingerprint density at radius 1 is 1.69 bits per heavy atom.